The van der Waals surface area contributed by atoms with Gasteiger partial charge in [0.25, 0.3) is 5.91 Å². The molecule has 1 aliphatic rings. The van der Waals surface area contributed by atoms with Gasteiger partial charge < -0.3 is 15.1 Å². The molecule has 0 aliphatic carbocycles. The van der Waals surface area contributed by atoms with Crippen molar-refractivity contribution in [1.82, 2.24) is 10.2 Å². The Morgan fingerprint density at radius 3 is 2.46 bits per heavy atom. The van der Waals surface area contributed by atoms with Gasteiger partial charge in [-0.25, -0.2) is 0 Å². The van der Waals surface area contributed by atoms with E-state index in [9.17, 15) is 9.59 Å². The summed E-state index contributed by atoms with van der Waals surface area (Å²) in [5.41, 5.74) is 2.70. The van der Waals surface area contributed by atoms with Crippen molar-refractivity contribution >= 4 is 23.2 Å². The van der Waals surface area contributed by atoms with Gasteiger partial charge in [0.2, 0.25) is 5.91 Å². The molecule has 3 rings (SSSR count). The van der Waals surface area contributed by atoms with E-state index in [0.717, 1.165) is 32.7 Å². The number of thiophene rings is 1. The van der Waals surface area contributed by atoms with Crippen LogP contribution in [0, 0.1) is 12.8 Å². The molecule has 0 unspecified atom stereocenters. The molecule has 2 heterocycles. The minimum Gasteiger partial charge on any atom is -0.339 e. The first-order valence-electron chi connectivity index (χ1n) is 9.97. The van der Waals surface area contributed by atoms with Gasteiger partial charge >= 0.3 is 0 Å². The van der Waals surface area contributed by atoms with E-state index in [-0.39, 0.29) is 17.7 Å². The first kappa shape index (κ1) is 20.6. The van der Waals surface area contributed by atoms with Crippen LogP contribution >= 0.6 is 11.3 Å². The summed E-state index contributed by atoms with van der Waals surface area (Å²) < 4.78 is 0. The summed E-state index contributed by atoms with van der Waals surface area (Å²) in [7, 11) is 0. The van der Waals surface area contributed by atoms with Crippen molar-refractivity contribution in [3.63, 3.8) is 0 Å². The second-order valence-corrected chi connectivity index (χ2v) is 8.80. The fourth-order valence-corrected chi connectivity index (χ4v) is 4.26. The molecule has 0 bridgehead atoms. The van der Waals surface area contributed by atoms with E-state index in [4.69, 9.17) is 0 Å². The zero-order chi connectivity index (χ0) is 20.1. The highest BCUT2D eigenvalue weighted by Gasteiger charge is 2.32. The van der Waals surface area contributed by atoms with E-state index in [1.54, 1.807) is 6.07 Å². The Hall–Kier alpha value is -2.18. The number of nitrogens with one attached hydrogen (secondary N) is 2. The van der Waals surface area contributed by atoms with Gasteiger partial charge in [-0.3, -0.25) is 9.59 Å². The van der Waals surface area contributed by atoms with Crippen molar-refractivity contribution < 1.29 is 14.5 Å². The lowest BCUT2D eigenvalue weighted by atomic mass is 10.0. The number of rotatable bonds is 6. The minimum atomic E-state index is -0.479. The number of nitrogens with zero attached hydrogens (tertiary/aromatic N) is 1. The normalized spacial score (nSPS) is 16.2. The lowest BCUT2D eigenvalue weighted by molar-refractivity contribution is -0.917. The standard InChI is InChI=1S/C22H29N3O2S/c1-16(2)20(23-21(26)19-9-6-14-28-19)22(27)25-12-10-24(11-13-25)15-18-8-5-4-7-17(18)3/h4-9,14,16,20H,10-13,15H2,1-3H3,(H,23,26)/p+1/t20-/m0/s1. The Labute approximate surface area is 171 Å². The fourth-order valence-electron chi connectivity index (χ4n) is 3.63. The van der Waals surface area contributed by atoms with Crippen LogP contribution < -0.4 is 10.2 Å². The first-order valence-corrected chi connectivity index (χ1v) is 10.8. The van der Waals surface area contributed by atoms with E-state index in [0.29, 0.717) is 4.88 Å². The molecular weight excluding hydrogens is 370 g/mol. The number of amides is 2. The van der Waals surface area contributed by atoms with Gasteiger partial charge in [-0.15, -0.1) is 11.3 Å². The monoisotopic (exact) mass is 400 g/mol. The third-order valence-corrected chi connectivity index (χ3v) is 6.32. The summed E-state index contributed by atoms with van der Waals surface area (Å²) in [5, 5.41) is 4.82. The molecule has 1 aliphatic heterocycles. The summed E-state index contributed by atoms with van der Waals surface area (Å²) in [4.78, 5) is 29.6. The Balaban J connectivity index is 1.56. The number of benzene rings is 1. The van der Waals surface area contributed by atoms with Gasteiger partial charge in [0, 0.05) is 5.56 Å². The molecule has 28 heavy (non-hydrogen) atoms. The summed E-state index contributed by atoms with van der Waals surface area (Å²) >= 11 is 1.39. The molecule has 2 aromatic rings. The maximum absolute atomic E-state index is 13.1. The number of hydrogen-bond acceptors (Lipinski definition) is 3. The number of aryl methyl sites for hydroxylation is 1. The highest BCUT2D eigenvalue weighted by atomic mass is 32.1. The molecular formula is C22H30N3O2S+. The smallest absolute Gasteiger partial charge is 0.262 e. The number of carbonyl (C=O) groups is 2. The van der Waals surface area contributed by atoms with Crippen molar-refractivity contribution in [2.45, 2.75) is 33.4 Å². The molecule has 1 fully saturated rings. The summed E-state index contributed by atoms with van der Waals surface area (Å²) in [6, 6.07) is 11.7. The lowest BCUT2D eigenvalue weighted by Crippen LogP contribution is -3.13. The highest BCUT2D eigenvalue weighted by molar-refractivity contribution is 7.12. The average molecular weight is 401 g/mol. The van der Waals surface area contributed by atoms with Crippen LogP contribution in [0.2, 0.25) is 0 Å². The molecule has 2 N–H and O–H groups in total. The van der Waals surface area contributed by atoms with Crippen LogP contribution in [0.15, 0.2) is 41.8 Å². The third kappa shape index (κ3) is 5.00. The van der Waals surface area contributed by atoms with Crippen molar-refractivity contribution in [1.29, 1.82) is 0 Å². The Morgan fingerprint density at radius 2 is 1.86 bits per heavy atom. The maximum atomic E-state index is 13.1. The second-order valence-electron chi connectivity index (χ2n) is 7.85. The van der Waals surface area contributed by atoms with Crippen LogP contribution in [0.4, 0.5) is 0 Å². The number of quaternary nitrogens is 1. The molecule has 1 atom stereocenters. The van der Waals surface area contributed by atoms with E-state index < -0.39 is 6.04 Å². The van der Waals surface area contributed by atoms with Gasteiger partial charge in [-0.05, 0) is 29.9 Å². The minimum absolute atomic E-state index is 0.0369. The van der Waals surface area contributed by atoms with Gasteiger partial charge in [0.15, 0.2) is 0 Å². The van der Waals surface area contributed by atoms with Crippen LogP contribution in [0.25, 0.3) is 0 Å². The summed E-state index contributed by atoms with van der Waals surface area (Å²) in [6.45, 7) is 10.5. The van der Waals surface area contributed by atoms with Gasteiger partial charge in [-0.2, -0.15) is 0 Å². The molecule has 1 aromatic carbocycles. The predicted octanol–water partition coefficient (Wildman–Crippen LogP) is 1.74. The second kappa shape index (κ2) is 9.34. The maximum Gasteiger partial charge on any atom is 0.262 e. The molecule has 150 valence electrons. The van der Waals surface area contributed by atoms with Gasteiger partial charge in [0.1, 0.15) is 12.6 Å². The van der Waals surface area contributed by atoms with Crippen molar-refractivity contribution in [2.24, 2.45) is 5.92 Å². The van der Waals surface area contributed by atoms with Crippen molar-refractivity contribution in [2.75, 3.05) is 26.2 Å². The van der Waals surface area contributed by atoms with Crippen LogP contribution in [0.3, 0.4) is 0 Å². The zero-order valence-electron chi connectivity index (χ0n) is 16.9. The Morgan fingerprint density at radius 1 is 1.14 bits per heavy atom. The van der Waals surface area contributed by atoms with Crippen LogP contribution in [-0.2, 0) is 11.3 Å². The quantitative estimate of drug-likeness (QED) is 0.776. The molecule has 2 amide bonds. The number of carbonyl (C=O) groups excluding carboxylic acids is 2. The number of piperazine rings is 1. The third-order valence-electron chi connectivity index (χ3n) is 5.45. The van der Waals surface area contributed by atoms with Crippen molar-refractivity contribution in [3.05, 3.63) is 57.8 Å². The molecule has 1 aromatic heterocycles. The molecule has 0 spiro atoms. The first-order chi connectivity index (χ1) is 13.5. The van der Waals surface area contributed by atoms with E-state index in [1.165, 1.54) is 27.4 Å². The Kier molecular flexibility index (Phi) is 6.86. The molecule has 5 nitrogen and oxygen atoms in total. The molecule has 6 heteroatoms. The van der Waals surface area contributed by atoms with E-state index >= 15 is 0 Å². The summed E-state index contributed by atoms with van der Waals surface area (Å²) in [5.74, 6) is -0.0746. The van der Waals surface area contributed by atoms with Crippen molar-refractivity contribution in [3.8, 4) is 0 Å². The zero-order valence-corrected chi connectivity index (χ0v) is 17.7. The van der Waals surface area contributed by atoms with E-state index in [1.807, 2.05) is 30.2 Å². The lowest BCUT2D eigenvalue weighted by Gasteiger charge is -2.35. The average Bonchev–Trinajstić information content (AvgIpc) is 3.22. The fraction of sp³-hybridized carbons (Fsp3) is 0.455. The SMILES string of the molecule is Cc1ccccc1C[NH+]1CCN(C(=O)[C@@H](NC(=O)c2cccs2)C(C)C)CC1. The summed E-state index contributed by atoms with van der Waals surface area (Å²) in [6.07, 6.45) is 0. The Bertz CT molecular complexity index is 796. The van der Waals surface area contributed by atoms with Gasteiger partial charge in [0.05, 0.1) is 31.1 Å². The number of hydrogen-bond donors (Lipinski definition) is 2. The largest absolute Gasteiger partial charge is 0.339 e. The van der Waals surface area contributed by atoms with Crippen LogP contribution in [0.1, 0.15) is 34.6 Å². The van der Waals surface area contributed by atoms with Crippen LogP contribution in [-0.4, -0.2) is 48.9 Å². The molecule has 0 saturated carbocycles. The van der Waals surface area contributed by atoms with Crippen LogP contribution in [0.5, 0.6) is 0 Å². The highest BCUT2D eigenvalue weighted by Crippen LogP contribution is 2.12. The molecule has 1 saturated heterocycles. The molecule has 0 radical (unpaired) electrons. The van der Waals surface area contributed by atoms with E-state index in [2.05, 4.69) is 36.5 Å². The topological polar surface area (TPSA) is 53.9 Å². The van der Waals surface area contributed by atoms with Gasteiger partial charge in [-0.1, -0.05) is 44.2 Å². The predicted molar refractivity (Wildman–Crippen MR) is 113 cm³/mol.